The minimum absolute atomic E-state index is 0.318. The van der Waals surface area contributed by atoms with Crippen molar-refractivity contribution in [2.24, 2.45) is 0 Å². The molecule has 1 N–H and O–H groups in total. The number of hydrogen-bond acceptors (Lipinski definition) is 2. The predicted molar refractivity (Wildman–Crippen MR) is 56.8 cm³/mol. The number of hydrogen-bond donors (Lipinski definition) is 1. The molecule has 2 nitrogen and oxygen atoms in total. The molecule has 0 heterocycles. The molecule has 0 atom stereocenters. The maximum absolute atomic E-state index is 11.2. The van der Waals surface area contributed by atoms with Gasteiger partial charge in [0.2, 0.25) is 0 Å². The zero-order valence-corrected chi connectivity index (χ0v) is 8.64. The highest BCUT2D eigenvalue weighted by Gasteiger charge is 1.99. The van der Waals surface area contributed by atoms with Gasteiger partial charge in [-0.15, -0.1) is 6.58 Å². The van der Waals surface area contributed by atoms with E-state index >= 15 is 0 Å². The van der Waals surface area contributed by atoms with E-state index in [1.807, 2.05) is 0 Å². The number of unbranched alkanes of at least 4 members (excludes halogenated alkanes) is 3. The van der Waals surface area contributed by atoms with Gasteiger partial charge in [-0.1, -0.05) is 32.3 Å². The van der Waals surface area contributed by atoms with Crippen molar-refractivity contribution in [1.29, 1.82) is 0 Å². The van der Waals surface area contributed by atoms with Gasteiger partial charge in [-0.05, 0) is 6.42 Å². The molecule has 0 aliphatic rings. The van der Waals surface area contributed by atoms with Crippen LogP contribution in [0.3, 0.4) is 0 Å². The van der Waals surface area contributed by atoms with Crippen LogP contribution in [0.1, 0.15) is 39.0 Å². The zero-order chi connectivity index (χ0) is 9.94. The smallest absolute Gasteiger partial charge is 0.146 e. The quantitative estimate of drug-likeness (QED) is 0.439. The summed E-state index contributed by atoms with van der Waals surface area (Å²) in [6, 6.07) is 0. The molecule has 0 saturated heterocycles. The molecule has 0 aromatic rings. The molecule has 0 saturated carbocycles. The molecule has 76 valence electrons. The van der Waals surface area contributed by atoms with Gasteiger partial charge in [0.05, 0.1) is 6.54 Å². The Labute approximate surface area is 81.4 Å². The van der Waals surface area contributed by atoms with Gasteiger partial charge >= 0.3 is 0 Å². The molecule has 0 aromatic heterocycles. The van der Waals surface area contributed by atoms with Crippen LogP contribution in [0.5, 0.6) is 0 Å². The Morgan fingerprint density at radius 2 is 2.15 bits per heavy atom. The van der Waals surface area contributed by atoms with Crippen LogP contribution in [0.4, 0.5) is 0 Å². The summed E-state index contributed by atoms with van der Waals surface area (Å²) >= 11 is 0. The molecule has 0 rings (SSSR count). The Bertz CT molecular complexity index is 143. The standard InChI is InChI=1S/C11H21NO/c1-3-5-6-7-8-11(13)10-12-9-4-2/h4,12H,2-3,5-10H2,1H3. The molecular weight excluding hydrogens is 162 g/mol. The maximum atomic E-state index is 11.2. The highest BCUT2D eigenvalue weighted by molar-refractivity contribution is 5.80. The number of carbonyl (C=O) groups is 1. The minimum Gasteiger partial charge on any atom is -0.307 e. The van der Waals surface area contributed by atoms with Crippen molar-refractivity contribution >= 4 is 5.78 Å². The van der Waals surface area contributed by atoms with E-state index in [4.69, 9.17) is 0 Å². The Morgan fingerprint density at radius 1 is 1.38 bits per heavy atom. The van der Waals surface area contributed by atoms with Crippen molar-refractivity contribution in [2.45, 2.75) is 39.0 Å². The SMILES string of the molecule is C=CCNCC(=O)CCCCCC. The first kappa shape index (κ1) is 12.4. The van der Waals surface area contributed by atoms with Crippen molar-refractivity contribution in [2.75, 3.05) is 13.1 Å². The summed E-state index contributed by atoms with van der Waals surface area (Å²) in [6.45, 7) is 6.97. The van der Waals surface area contributed by atoms with Gasteiger partial charge in [0.15, 0.2) is 0 Å². The summed E-state index contributed by atoms with van der Waals surface area (Å²) < 4.78 is 0. The third-order valence-corrected chi connectivity index (χ3v) is 1.92. The lowest BCUT2D eigenvalue weighted by Gasteiger charge is -2.00. The fourth-order valence-corrected chi connectivity index (χ4v) is 1.15. The van der Waals surface area contributed by atoms with Crippen LogP contribution >= 0.6 is 0 Å². The molecule has 2 heteroatoms. The van der Waals surface area contributed by atoms with Crippen molar-refractivity contribution in [3.8, 4) is 0 Å². The zero-order valence-electron chi connectivity index (χ0n) is 8.64. The van der Waals surface area contributed by atoms with Crippen molar-refractivity contribution in [1.82, 2.24) is 5.32 Å². The monoisotopic (exact) mass is 183 g/mol. The summed E-state index contributed by atoms with van der Waals surface area (Å²) in [5.74, 6) is 0.318. The average Bonchev–Trinajstić information content (AvgIpc) is 2.13. The van der Waals surface area contributed by atoms with Gasteiger partial charge in [-0.25, -0.2) is 0 Å². The van der Waals surface area contributed by atoms with Crippen molar-refractivity contribution in [3.05, 3.63) is 12.7 Å². The third-order valence-electron chi connectivity index (χ3n) is 1.92. The molecule has 0 unspecified atom stereocenters. The topological polar surface area (TPSA) is 29.1 Å². The van der Waals surface area contributed by atoms with E-state index < -0.39 is 0 Å². The van der Waals surface area contributed by atoms with Crippen LogP contribution in [-0.4, -0.2) is 18.9 Å². The maximum Gasteiger partial charge on any atom is 0.146 e. The van der Waals surface area contributed by atoms with Gasteiger partial charge in [-0.2, -0.15) is 0 Å². The molecule has 0 amide bonds. The predicted octanol–water partition coefficient (Wildman–Crippen LogP) is 2.30. The number of rotatable bonds is 9. The fourth-order valence-electron chi connectivity index (χ4n) is 1.15. The minimum atomic E-state index is 0.318. The van der Waals surface area contributed by atoms with E-state index in [9.17, 15) is 4.79 Å². The van der Waals surface area contributed by atoms with Crippen molar-refractivity contribution in [3.63, 3.8) is 0 Å². The van der Waals surface area contributed by atoms with Crippen LogP contribution in [-0.2, 0) is 4.79 Å². The Morgan fingerprint density at radius 3 is 2.77 bits per heavy atom. The molecule has 0 aromatic carbocycles. The van der Waals surface area contributed by atoms with Crippen LogP contribution in [0.25, 0.3) is 0 Å². The lowest BCUT2D eigenvalue weighted by atomic mass is 10.1. The highest BCUT2D eigenvalue weighted by Crippen LogP contribution is 2.02. The van der Waals surface area contributed by atoms with E-state index in [-0.39, 0.29) is 0 Å². The van der Waals surface area contributed by atoms with E-state index in [0.29, 0.717) is 12.3 Å². The Kier molecular flexibility index (Phi) is 9.00. The van der Waals surface area contributed by atoms with Gasteiger partial charge in [0.25, 0.3) is 0 Å². The summed E-state index contributed by atoms with van der Waals surface area (Å²) in [7, 11) is 0. The first-order chi connectivity index (χ1) is 6.31. The molecule has 0 radical (unpaired) electrons. The summed E-state index contributed by atoms with van der Waals surface area (Å²) in [6.07, 6.45) is 7.19. The van der Waals surface area contributed by atoms with Crippen LogP contribution in [0, 0.1) is 0 Å². The molecule has 0 spiro atoms. The van der Waals surface area contributed by atoms with E-state index in [1.54, 1.807) is 6.08 Å². The number of nitrogens with one attached hydrogen (secondary N) is 1. The molecule has 0 aliphatic heterocycles. The van der Waals surface area contributed by atoms with Crippen LogP contribution < -0.4 is 5.32 Å². The molecular formula is C11H21NO. The van der Waals surface area contributed by atoms with Gasteiger partial charge in [0, 0.05) is 13.0 Å². The molecule has 0 bridgehead atoms. The first-order valence-electron chi connectivity index (χ1n) is 5.14. The highest BCUT2D eigenvalue weighted by atomic mass is 16.1. The Hall–Kier alpha value is -0.630. The first-order valence-corrected chi connectivity index (χ1v) is 5.14. The van der Waals surface area contributed by atoms with E-state index in [0.717, 1.165) is 19.4 Å². The third kappa shape index (κ3) is 9.28. The number of carbonyl (C=O) groups excluding carboxylic acids is 1. The largest absolute Gasteiger partial charge is 0.307 e. The lowest BCUT2D eigenvalue weighted by molar-refractivity contribution is -0.118. The van der Waals surface area contributed by atoms with Crippen LogP contribution in [0.2, 0.25) is 0 Å². The number of ketones is 1. The second-order valence-electron chi connectivity index (χ2n) is 3.27. The molecule has 0 fully saturated rings. The lowest BCUT2D eigenvalue weighted by Crippen LogP contribution is -2.22. The normalized spacial score (nSPS) is 9.92. The molecule has 13 heavy (non-hydrogen) atoms. The van der Waals surface area contributed by atoms with Gasteiger partial charge in [0.1, 0.15) is 5.78 Å². The number of Topliss-reactive ketones (excluding diaryl/α,β-unsaturated/α-hetero) is 1. The second kappa shape index (κ2) is 9.46. The van der Waals surface area contributed by atoms with Crippen LogP contribution in [0.15, 0.2) is 12.7 Å². The van der Waals surface area contributed by atoms with Gasteiger partial charge < -0.3 is 5.32 Å². The summed E-state index contributed by atoms with van der Waals surface area (Å²) in [4.78, 5) is 11.2. The van der Waals surface area contributed by atoms with Crippen molar-refractivity contribution < 1.29 is 4.79 Å². The van der Waals surface area contributed by atoms with E-state index in [1.165, 1.54) is 19.3 Å². The second-order valence-corrected chi connectivity index (χ2v) is 3.27. The van der Waals surface area contributed by atoms with E-state index in [2.05, 4.69) is 18.8 Å². The van der Waals surface area contributed by atoms with Gasteiger partial charge in [-0.3, -0.25) is 4.79 Å². The summed E-state index contributed by atoms with van der Waals surface area (Å²) in [5, 5.41) is 3.01. The summed E-state index contributed by atoms with van der Waals surface area (Å²) in [5.41, 5.74) is 0. The molecule has 0 aliphatic carbocycles. The fraction of sp³-hybridized carbons (Fsp3) is 0.727. The Balaban J connectivity index is 3.15. The average molecular weight is 183 g/mol.